The molecule has 0 saturated carbocycles. The molecule has 1 amide bonds. The van der Waals surface area contributed by atoms with Gasteiger partial charge in [0.05, 0.1) is 17.8 Å². The molecule has 0 aromatic carbocycles. The highest BCUT2D eigenvalue weighted by molar-refractivity contribution is 5.94. The molecule has 3 heterocycles. The molecule has 2 aromatic rings. The van der Waals surface area contributed by atoms with Gasteiger partial charge in [0.2, 0.25) is 6.39 Å². The summed E-state index contributed by atoms with van der Waals surface area (Å²) in [6, 6.07) is -0.114. The smallest absolute Gasteiger partial charge is 0.257 e. The van der Waals surface area contributed by atoms with E-state index in [0.717, 1.165) is 32.2 Å². The van der Waals surface area contributed by atoms with Crippen LogP contribution in [0.3, 0.4) is 0 Å². The predicted molar refractivity (Wildman–Crippen MR) is 83.6 cm³/mol. The van der Waals surface area contributed by atoms with E-state index >= 15 is 0 Å². The van der Waals surface area contributed by atoms with Crippen molar-refractivity contribution in [3.63, 3.8) is 0 Å². The van der Waals surface area contributed by atoms with Crippen LogP contribution in [0.1, 0.15) is 61.8 Å². The maximum atomic E-state index is 12.9. The Balaban J connectivity index is 1.81. The summed E-state index contributed by atoms with van der Waals surface area (Å²) in [6.07, 6.45) is 8.86. The zero-order chi connectivity index (χ0) is 16.2. The zero-order valence-electron chi connectivity index (χ0n) is 13.7. The highest BCUT2D eigenvalue weighted by atomic mass is 16.5. The number of rotatable bonds is 4. The first-order chi connectivity index (χ1) is 11.1. The topological polar surface area (TPSA) is 77.0 Å². The van der Waals surface area contributed by atoms with Crippen molar-refractivity contribution < 1.29 is 9.32 Å². The average Bonchev–Trinajstić information content (AvgIpc) is 3.14. The molecule has 2 aromatic heterocycles. The number of hydrogen-bond donors (Lipinski definition) is 0. The third-order valence-corrected chi connectivity index (χ3v) is 4.12. The Morgan fingerprint density at radius 3 is 3.00 bits per heavy atom. The van der Waals surface area contributed by atoms with Gasteiger partial charge in [-0.25, -0.2) is 0 Å². The van der Waals surface area contributed by atoms with E-state index in [1.807, 2.05) is 15.8 Å². The van der Waals surface area contributed by atoms with Gasteiger partial charge in [0.15, 0.2) is 5.82 Å². The molecular weight excluding hydrogens is 294 g/mol. The molecular formula is C16H23N5O2. The fraction of sp³-hybridized carbons (Fsp3) is 0.625. The highest BCUT2D eigenvalue weighted by Gasteiger charge is 2.30. The van der Waals surface area contributed by atoms with Gasteiger partial charge < -0.3 is 9.42 Å². The molecule has 1 saturated heterocycles. The third-order valence-electron chi connectivity index (χ3n) is 4.12. The molecule has 1 atom stereocenters. The minimum absolute atomic E-state index is 0.00305. The van der Waals surface area contributed by atoms with Crippen molar-refractivity contribution in [3.8, 4) is 0 Å². The van der Waals surface area contributed by atoms with E-state index in [-0.39, 0.29) is 11.9 Å². The van der Waals surface area contributed by atoms with Crippen LogP contribution in [0, 0.1) is 5.92 Å². The Labute approximate surface area is 135 Å². The van der Waals surface area contributed by atoms with Crippen molar-refractivity contribution in [3.05, 3.63) is 30.2 Å². The number of likely N-dealkylation sites (tertiary alicyclic amines) is 1. The van der Waals surface area contributed by atoms with Gasteiger partial charge in [0, 0.05) is 19.3 Å². The second kappa shape index (κ2) is 6.93. The molecule has 0 spiro atoms. The minimum atomic E-state index is -0.114. The summed E-state index contributed by atoms with van der Waals surface area (Å²) in [4.78, 5) is 19.0. The monoisotopic (exact) mass is 317 g/mol. The zero-order valence-corrected chi connectivity index (χ0v) is 13.7. The van der Waals surface area contributed by atoms with Gasteiger partial charge in [-0.3, -0.25) is 9.48 Å². The number of carbonyl (C=O) groups excluding carboxylic acids is 1. The first-order valence-corrected chi connectivity index (χ1v) is 8.25. The van der Waals surface area contributed by atoms with Gasteiger partial charge in [0.25, 0.3) is 5.91 Å². The first-order valence-electron chi connectivity index (χ1n) is 8.25. The van der Waals surface area contributed by atoms with Crippen LogP contribution >= 0.6 is 0 Å². The summed E-state index contributed by atoms with van der Waals surface area (Å²) >= 11 is 0. The molecule has 0 bridgehead atoms. The Morgan fingerprint density at radius 2 is 2.26 bits per heavy atom. The van der Waals surface area contributed by atoms with Crippen LogP contribution in [-0.4, -0.2) is 37.3 Å². The van der Waals surface area contributed by atoms with Gasteiger partial charge >= 0.3 is 0 Å². The van der Waals surface area contributed by atoms with Crippen molar-refractivity contribution in [2.45, 2.75) is 52.1 Å². The van der Waals surface area contributed by atoms with Crippen molar-refractivity contribution >= 4 is 5.91 Å². The summed E-state index contributed by atoms with van der Waals surface area (Å²) < 4.78 is 6.71. The van der Waals surface area contributed by atoms with E-state index < -0.39 is 0 Å². The number of hydrogen-bond acceptors (Lipinski definition) is 5. The molecule has 7 heteroatoms. The van der Waals surface area contributed by atoms with E-state index in [2.05, 4.69) is 29.1 Å². The fourth-order valence-corrected chi connectivity index (χ4v) is 3.06. The molecule has 1 aliphatic rings. The molecule has 23 heavy (non-hydrogen) atoms. The fourth-order valence-electron chi connectivity index (χ4n) is 3.06. The molecule has 3 rings (SSSR count). The standard InChI is InChI=1S/C16H23N5O2/c1-12(2)9-20-10-13(8-18-20)16(22)21-7-5-3-4-6-14(21)15-17-11-23-19-15/h8,10-12,14H,3-7,9H2,1-2H3. The van der Waals surface area contributed by atoms with Crippen LogP contribution in [0.4, 0.5) is 0 Å². The maximum Gasteiger partial charge on any atom is 0.257 e. The lowest BCUT2D eigenvalue weighted by Gasteiger charge is -2.27. The molecule has 0 N–H and O–H groups in total. The maximum absolute atomic E-state index is 12.9. The molecule has 0 radical (unpaired) electrons. The predicted octanol–water partition coefficient (Wildman–Crippen LogP) is 2.68. The summed E-state index contributed by atoms with van der Waals surface area (Å²) in [5.74, 6) is 1.08. The SMILES string of the molecule is CC(C)Cn1cc(C(=O)N2CCCCCC2c2ncon2)cn1. The first kappa shape index (κ1) is 15.7. The third kappa shape index (κ3) is 3.60. The average molecular weight is 317 g/mol. The highest BCUT2D eigenvalue weighted by Crippen LogP contribution is 2.29. The number of carbonyl (C=O) groups is 1. The molecule has 7 nitrogen and oxygen atoms in total. The van der Waals surface area contributed by atoms with Crippen molar-refractivity contribution in [1.29, 1.82) is 0 Å². The second-order valence-electron chi connectivity index (χ2n) is 6.50. The van der Waals surface area contributed by atoms with Crippen molar-refractivity contribution in [2.75, 3.05) is 6.54 Å². The molecule has 124 valence electrons. The van der Waals surface area contributed by atoms with Crippen LogP contribution in [0.5, 0.6) is 0 Å². The molecule has 0 aliphatic carbocycles. The molecule has 1 unspecified atom stereocenters. The normalized spacial score (nSPS) is 19.1. The van der Waals surface area contributed by atoms with E-state index in [1.165, 1.54) is 6.39 Å². The Morgan fingerprint density at radius 1 is 1.39 bits per heavy atom. The van der Waals surface area contributed by atoms with Crippen LogP contribution in [0.15, 0.2) is 23.3 Å². The van der Waals surface area contributed by atoms with E-state index in [0.29, 0.717) is 23.9 Å². The lowest BCUT2D eigenvalue weighted by Crippen LogP contribution is -2.35. The van der Waals surface area contributed by atoms with Crippen molar-refractivity contribution in [2.24, 2.45) is 5.92 Å². The number of amides is 1. The quantitative estimate of drug-likeness (QED) is 0.866. The van der Waals surface area contributed by atoms with E-state index in [1.54, 1.807) is 6.20 Å². The second-order valence-corrected chi connectivity index (χ2v) is 6.50. The Hall–Kier alpha value is -2.18. The molecule has 1 fully saturated rings. The van der Waals surface area contributed by atoms with Crippen LogP contribution in [-0.2, 0) is 6.54 Å². The summed E-state index contributed by atoms with van der Waals surface area (Å²) in [5, 5.41) is 8.25. The lowest BCUT2D eigenvalue weighted by atomic mass is 10.1. The summed E-state index contributed by atoms with van der Waals surface area (Å²) in [7, 11) is 0. The van der Waals surface area contributed by atoms with Gasteiger partial charge in [-0.1, -0.05) is 31.8 Å². The number of nitrogens with zero attached hydrogens (tertiary/aromatic N) is 5. The van der Waals surface area contributed by atoms with Gasteiger partial charge in [-0.15, -0.1) is 0 Å². The van der Waals surface area contributed by atoms with Crippen LogP contribution in [0.25, 0.3) is 0 Å². The minimum Gasteiger partial charge on any atom is -0.343 e. The molecule has 1 aliphatic heterocycles. The summed E-state index contributed by atoms with van der Waals surface area (Å²) in [5.41, 5.74) is 0.626. The lowest BCUT2D eigenvalue weighted by molar-refractivity contribution is 0.0670. The van der Waals surface area contributed by atoms with E-state index in [4.69, 9.17) is 4.52 Å². The van der Waals surface area contributed by atoms with Gasteiger partial charge in [-0.2, -0.15) is 10.1 Å². The van der Waals surface area contributed by atoms with Gasteiger partial charge in [0.1, 0.15) is 0 Å². The largest absolute Gasteiger partial charge is 0.343 e. The summed E-state index contributed by atoms with van der Waals surface area (Å²) in [6.45, 7) is 5.78. The van der Waals surface area contributed by atoms with Crippen LogP contribution in [0.2, 0.25) is 0 Å². The van der Waals surface area contributed by atoms with Gasteiger partial charge in [-0.05, 0) is 18.8 Å². The van der Waals surface area contributed by atoms with E-state index in [9.17, 15) is 4.79 Å². The van der Waals surface area contributed by atoms with Crippen molar-refractivity contribution in [1.82, 2.24) is 24.8 Å². The Bertz CT molecular complexity index is 635. The number of aromatic nitrogens is 4. The van der Waals surface area contributed by atoms with Crippen LogP contribution < -0.4 is 0 Å². The Kier molecular flexibility index (Phi) is 4.73.